The van der Waals surface area contributed by atoms with Crippen molar-refractivity contribution in [2.45, 2.75) is 12.5 Å². The second-order valence-corrected chi connectivity index (χ2v) is 5.82. The number of hydrogen-bond acceptors (Lipinski definition) is 2. The Kier molecular flexibility index (Phi) is 2.37. The number of halogens is 2. The Hall–Kier alpha value is 0.620. The molecule has 0 saturated carbocycles. The van der Waals surface area contributed by atoms with Gasteiger partial charge in [0.1, 0.15) is 0 Å². The summed E-state index contributed by atoms with van der Waals surface area (Å²) in [7, 11) is 0. The largest absolute Gasteiger partial charge is 0.309 e. The normalized spacial score (nSPS) is 23.3. The lowest BCUT2D eigenvalue weighted by Crippen LogP contribution is -2.34. The van der Waals surface area contributed by atoms with E-state index in [1.165, 1.54) is 19.6 Å². The monoisotopic (exact) mass is 295 g/mol. The third kappa shape index (κ3) is 1.54. The van der Waals surface area contributed by atoms with Crippen LogP contribution < -0.4 is 5.32 Å². The molecule has 0 aromatic carbocycles. The van der Waals surface area contributed by atoms with Crippen LogP contribution in [0.1, 0.15) is 17.3 Å². The van der Waals surface area contributed by atoms with E-state index in [4.69, 9.17) is 0 Å². The Bertz CT molecular complexity index is 248. The minimum Gasteiger partial charge on any atom is -0.309 e. The van der Waals surface area contributed by atoms with Crippen LogP contribution in [0, 0.1) is 0 Å². The second-order valence-electron chi connectivity index (χ2n) is 2.57. The molecule has 1 aromatic rings. The Morgan fingerprint density at radius 1 is 1.55 bits per heavy atom. The van der Waals surface area contributed by atoms with Crippen molar-refractivity contribution in [3.8, 4) is 0 Å². The molecule has 1 fully saturated rings. The Morgan fingerprint density at radius 3 is 2.64 bits per heavy atom. The van der Waals surface area contributed by atoms with Crippen molar-refractivity contribution in [2.24, 2.45) is 0 Å². The minimum atomic E-state index is 0.614. The topological polar surface area (TPSA) is 12.0 Å². The molecule has 0 amide bonds. The molecule has 1 atom stereocenters. The van der Waals surface area contributed by atoms with E-state index in [1.807, 2.05) is 0 Å². The molecule has 1 aliphatic heterocycles. The summed E-state index contributed by atoms with van der Waals surface area (Å²) in [4.78, 5) is 1.43. The van der Waals surface area contributed by atoms with Crippen molar-refractivity contribution in [3.05, 3.63) is 19.2 Å². The molecule has 4 heteroatoms. The van der Waals surface area contributed by atoms with Crippen molar-refractivity contribution >= 4 is 43.2 Å². The summed E-state index contributed by atoms with van der Waals surface area (Å²) in [5.41, 5.74) is 0. The molecular formula is C7H7Br2NS. The molecule has 0 bridgehead atoms. The van der Waals surface area contributed by atoms with Gasteiger partial charge in [-0.2, -0.15) is 0 Å². The van der Waals surface area contributed by atoms with Crippen LogP contribution in [0.2, 0.25) is 0 Å². The molecule has 60 valence electrons. The Morgan fingerprint density at radius 2 is 2.27 bits per heavy atom. The molecule has 1 N–H and O–H groups in total. The third-order valence-electron chi connectivity index (χ3n) is 1.83. The van der Waals surface area contributed by atoms with E-state index < -0.39 is 0 Å². The van der Waals surface area contributed by atoms with E-state index in [-0.39, 0.29) is 0 Å². The van der Waals surface area contributed by atoms with Crippen LogP contribution in [0.5, 0.6) is 0 Å². The Labute approximate surface area is 86.4 Å². The molecule has 1 aromatic heterocycles. The van der Waals surface area contributed by atoms with Crippen molar-refractivity contribution in [3.63, 3.8) is 0 Å². The number of hydrogen-bond donors (Lipinski definition) is 1. The van der Waals surface area contributed by atoms with Crippen LogP contribution in [0.15, 0.2) is 14.3 Å². The lowest BCUT2D eigenvalue weighted by molar-refractivity contribution is 0.389. The smallest absolute Gasteiger partial charge is 0.0843 e. The van der Waals surface area contributed by atoms with Gasteiger partial charge in [-0.25, -0.2) is 0 Å². The predicted octanol–water partition coefficient (Wildman–Crippen LogP) is 3.31. The van der Waals surface area contributed by atoms with Crippen LogP contribution >= 0.6 is 43.2 Å². The predicted molar refractivity (Wildman–Crippen MR) is 55.1 cm³/mol. The number of thiophene rings is 1. The van der Waals surface area contributed by atoms with Crippen LogP contribution in [0.3, 0.4) is 0 Å². The molecule has 1 saturated heterocycles. The zero-order valence-corrected chi connectivity index (χ0v) is 9.72. The molecule has 0 aliphatic carbocycles. The van der Waals surface area contributed by atoms with Gasteiger partial charge < -0.3 is 5.32 Å². The molecular weight excluding hydrogens is 290 g/mol. The highest BCUT2D eigenvalue weighted by molar-refractivity contribution is 9.13. The number of nitrogens with one attached hydrogen (secondary N) is 1. The highest BCUT2D eigenvalue weighted by atomic mass is 79.9. The quantitative estimate of drug-likeness (QED) is 0.838. The lowest BCUT2D eigenvalue weighted by Gasteiger charge is -2.26. The van der Waals surface area contributed by atoms with Crippen LogP contribution in [-0.2, 0) is 0 Å². The first-order chi connectivity index (χ1) is 5.27. The standard InChI is InChI=1S/C7H7Br2NS/c8-4-3-6(11-7(4)9)5-1-2-10-5/h3,5,10H,1-2H2/t5-/m1/s1. The van der Waals surface area contributed by atoms with E-state index in [0.29, 0.717) is 6.04 Å². The first-order valence-corrected chi connectivity index (χ1v) is 5.86. The highest BCUT2D eigenvalue weighted by Crippen LogP contribution is 2.37. The van der Waals surface area contributed by atoms with Gasteiger partial charge in [0.25, 0.3) is 0 Å². The zero-order chi connectivity index (χ0) is 7.84. The van der Waals surface area contributed by atoms with Crippen molar-refractivity contribution < 1.29 is 0 Å². The summed E-state index contributed by atoms with van der Waals surface area (Å²) in [5, 5.41) is 3.37. The fourth-order valence-electron chi connectivity index (χ4n) is 1.07. The molecule has 2 rings (SSSR count). The maximum Gasteiger partial charge on any atom is 0.0843 e. The van der Waals surface area contributed by atoms with E-state index in [1.54, 1.807) is 11.3 Å². The number of rotatable bonds is 1. The van der Waals surface area contributed by atoms with Gasteiger partial charge in [0, 0.05) is 15.4 Å². The second kappa shape index (κ2) is 3.17. The van der Waals surface area contributed by atoms with E-state index in [9.17, 15) is 0 Å². The Balaban J connectivity index is 2.24. The van der Waals surface area contributed by atoms with Gasteiger partial charge in [-0.05, 0) is 50.9 Å². The first kappa shape index (κ1) is 8.23. The molecule has 1 aliphatic rings. The maximum atomic E-state index is 3.48. The summed E-state index contributed by atoms with van der Waals surface area (Å²) >= 11 is 8.76. The van der Waals surface area contributed by atoms with Crippen molar-refractivity contribution in [1.82, 2.24) is 5.32 Å². The molecule has 0 radical (unpaired) electrons. The van der Waals surface area contributed by atoms with Crippen molar-refractivity contribution in [1.29, 1.82) is 0 Å². The van der Waals surface area contributed by atoms with Crippen LogP contribution in [-0.4, -0.2) is 6.54 Å². The fraction of sp³-hybridized carbons (Fsp3) is 0.429. The van der Waals surface area contributed by atoms with Crippen LogP contribution in [0.4, 0.5) is 0 Å². The minimum absolute atomic E-state index is 0.614. The molecule has 11 heavy (non-hydrogen) atoms. The molecule has 1 nitrogen and oxygen atoms in total. The van der Waals surface area contributed by atoms with Gasteiger partial charge >= 0.3 is 0 Å². The zero-order valence-electron chi connectivity index (χ0n) is 5.73. The van der Waals surface area contributed by atoms with Gasteiger partial charge in [-0.1, -0.05) is 0 Å². The molecule has 0 spiro atoms. The average Bonchev–Trinajstić information content (AvgIpc) is 2.08. The maximum absolute atomic E-state index is 3.48. The molecule has 0 unspecified atom stereocenters. The van der Waals surface area contributed by atoms with E-state index in [2.05, 4.69) is 43.2 Å². The summed E-state index contributed by atoms with van der Waals surface area (Å²) in [6.45, 7) is 1.16. The lowest BCUT2D eigenvalue weighted by atomic mass is 10.1. The van der Waals surface area contributed by atoms with Gasteiger partial charge in [-0.15, -0.1) is 11.3 Å². The highest BCUT2D eigenvalue weighted by Gasteiger charge is 2.20. The summed E-state index contributed by atoms with van der Waals surface area (Å²) in [6.07, 6.45) is 1.28. The van der Waals surface area contributed by atoms with Gasteiger partial charge in [-0.3, -0.25) is 0 Å². The SMILES string of the molecule is Brc1cc([C@H]2CCN2)sc1Br. The average molecular weight is 297 g/mol. The first-order valence-electron chi connectivity index (χ1n) is 3.45. The van der Waals surface area contributed by atoms with E-state index >= 15 is 0 Å². The summed E-state index contributed by atoms with van der Waals surface area (Å²) < 4.78 is 2.37. The van der Waals surface area contributed by atoms with Gasteiger partial charge in [0.15, 0.2) is 0 Å². The third-order valence-corrected chi connectivity index (χ3v) is 5.20. The summed E-state index contributed by atoms with van der Waals surface area (Å²) in [6, 6.07) is 2.80. The van der Waals surface area contributed by atoms with Gasteiger partial charge in [0.2, 0.25) is 0 Å². The molecule has 2 heterocycles. The van der Waals surface area contributed by atoms with Gasteiger partial charge in [0.05, 0.1) is 3.79 Å². The van der Waals surface area contributed by atoms with Crippen LogP contribution in [0.25, 0.3) is 0 Å². The van der Waals surface area contributed by atoms with Crippen molar-refractivity contribution in [2.75, 3.05) is 6.54 Å². The summed E-state index contributed by atoms with van der Waals surface area (Å²) in [5.74, 6) is 0. The van der Waals surface area contributed by atoms with E-state index in [0.717, 1.165) is 6.54 Å². The fourth-order valence-corrected chi connectivity index (χ4v) is 3.27.